The minimum absolute atomic E-state index is 0. The number of amides is 1. The van der Waals surface area contributed by atoms with Crippen molar-refractivity contribution >= 4 is 35.8 Å². The number of benzene rings is 1. The molecule has 1 amide bonds. The third-order valence-electron chi connectivity index (χ3n) is 6.19. The van der Waals surface area contributed by atoms with Crippen LogP contribution in [0.3, 0.4) is 0 Å². The number of nitrogens with zero attached hydrogens (tertiary/aromatic N) is 4. The fourth-order valence-corrected chi connectivity index (χ4v) is 4.39. The summed E-state index contributed by atoms with van der Waals surface area (Å²) in [6, 6.07) is 9.25. The van der Waals surface area contributed by atoms with E-state index in [1.807, 2.05) is 4.90 Å². The maximum atomic E-state index is 11.6. The minimum Gasteiger partial charge on any atom is -0.357 e. The molecule has 0 spiro atoms. The van der Waals surface area contributed by atoms with Gasteiger partial charge in [-0.05, 0) is 30.4 Å². The van der Waals surface area contributed by atoms with E-state index in [1.54, 1.807) is 6.92 Å². The summed E-state index contributed by atoms with van der Waals surface area (Å²) >= 11 is 0. The van der Waals surface area contributed by atoms with Crippen molar-refractivity contribution in [1.29, 1.82) is 0 Å². The summed E-state index contributed by atoms with van der Waals surface area (Å²) in [7, 11) is 0. The van der Waals surface area contributed by atoms with Crippen LogP contribution in [0, 0.1) is 5.92 Å². The SMILES string of the molecule is CCNC(=NCC(C(C)C)N1CCc2ccccc2C1)N1CCN(C(C)=O)CC1.I. The number of nitrogens with one attached hydrogen (secondary N) is 1. The van der Waals surface area contributed by atoms with Gasteiger partial charge in [0.15, 0.2) is 5.96 Å². The molecule has 0 radical (unpaired) electrons. The zero-order chi connectivity index (χ0) is 20.8. The van der Waals surface area contributed by atoms with Crippen LogP contribution in [-0.2, 0) is 17.8 Å². The van der Waals surface area contributed by atoms with Crippen molar-refractivity contribution in [1.82, 2.24) is 20.0 Å². The molecule has 168 valence electrons. The highest BCUT2D eigenvalue weighted by atomic mass is 127. The molecule has 1 aromatic carbocycles. The molecule has 6 nitrogen and oxygen atoms in total. The van der Waals surface area contributed by atoms with E-state index >= 15 is 0 Å². The molecule has 7 heteroatoms. The first kappa shape index (κ1) is 24.9. The van der Waals surface area contributed by atoms with E-state index in [1.165, 1.54) is 11.1 Å². The number of carbonyl (C=O) groups excluding carboxylic acids is 1. The molecular weight excluding hydrogens is 489 g/mol. The lowest BCUT2D eigenvalue weighted by molar-refractivity contribution is -0.130. The van der Waals surface area contributed by atoms with Gasteiger partial charge in [0, 0.05) is 58.8 Å². The largest absolute Gasteiger partial charge is 0.357 e. The Balaban J connectivity index is 0.00000320. The lowest BCUT2D eigenvalue weighted by Crippen LogP contribution is -2.53. The smallest absolute Gasteiger partial charge is 0.219 e. The first-order valence-electron chi connectivity index (χ1n) is 11.1. The molecule has 1 saturated heterocycles. The van der Waals surface area contributed by atoms with Gasteiger partial charge in [-0.2, -0.15) is 0 Å². The van der Waals surface area contributed by atoms with Crippen molar-refractivity contribution in [3.05, 3.63) is 35.4 Å². The highest BCUT2D eigenvalue weighted by Gasteiger charge is 2.26. The molecule has 1 unspecified atom stereocenters. The van der Waals surface area contributed by atoms with Crippen LogP contribution in [0.4, 0.5) is 0 Å². The second-order valence-corrected chi connectivity index (χ2v) is 8.49. The van der Waals surface area contributed by atoms with Gasteiger partial charge in [0.25, 0.3) is 0 Å². The van der Waals surface area contributed by atoms with Gasteiger partial charge in [0.05, 0.1) is 6.54 Å². The van der Waals surface area contributed by atoms with E-state index in [4.69, 9.17) is 4.99 Å². The van der Waals surface area contributed by atoms with E-state index in [0.29, 0.717) is 12.0 Å². The van der Waals surface area contributed by atoms with Gasteiger partial charge in [-0.15, -0.1) is 24.0 Å². The van der Waals surface area contributed by atoms with Crippen LogP contribution in [0.25, 0.3) is 0 Å². The van der Waals surface area contributed by atoms with Crippen molar-refractivity contribution in [2.45, 2.75) is 46.7 Å². The number of aliphatic imine (C=N–C) groups is 1. The van der Waals surface area contributed by atoms with E-state index in [2.05, 4.69) is 60.2 Å². The molecule has 2 aliphatic heterocycles. The molecule has 0 saturated carbocycles. The van der Waals surface area contributed by atoms with Crippen LogP contribution < -0.4 is 5.32 Å². The van der Waals surface area contributed by atoms with Gasteiger partial charge >= 0.3 is 0 Å². The predicted molar refractivity (Wildman–Crippen MR) is 134 cm³/mol. The van der Waals surface area contributed by atoms with E-state index in [9.17, 15) is 4.79 Å². The number of rotatable bonds is 5. The summed E-state index contributed by atoms with van der Waals surface area (Å²) in [6.07, 6.45) is 1.12. The van der Waals surface area contributed by atoms with E-state index in [-0.39, 0.29) is 29.9 Å². The van der Waals surface area contributed by atoms with Crippen molar-refractivity contribution < 1.29 is 4.79 Å². The molecule has 1 fully saturated rings. The predicted octanol–water partition coefficient (Wildman–Crippen LogP) is 2.82. The van der Waals surface area contributed by atoms with Gasteiger partial charge in [-0.3, -0.25) is 14.7 Å². The summed E-state index contributed by atoms with van der Waals surface area (Å²) in [6.45, 7) is 15.4. The van der Waals surface area contributed by atoms with Gasteiger partial charge in [0.1, 0.15) is 0 Å². The van der Waals surface area contributed by atoms with Gasteiger partial charge < -0.3 is 15.1 Å². The van der Waals surface area contributed by atoms with Crippen LogP contribution in [0.1, 0.15) is 38.8 Å². The Labute approximate surface area is 199 Å². The number of halogens is 1. The minimum atomic E-state index is 0. The van der Waals surface area contributed by atoms with Crippen LogP contribution in [-0.4, -0.2) is 78.4 Å². The molecule has 0 aliphatic carbocycles. The lowest BCUT2D eigenvalue weighted by Gasteiger charge is -2.38. The molecule has 3 rings (SSSR count). The fraction of sp³-hybridized carbons (Fsp3) is 0.652. The first-order valence-corrected chi connectivity index (χ1v) is 11.1. The van der Waals surface area contributed by atoms with Crippen LogP contribution in [0.5, 0.6) is 0 Å². The molecule has 0 aromatic heterocycles. The average Bonchev–Trinajstić information content (AvgIpc) is 2.73. The molecule has 30 heavy (non-hydrogen) atoms. The summed E-state index contributed by atoms with van der Waals surface area (Å²) < 4.78 is 0. The monoisotopic (exact) mass is 527 g/mol. The normalized spacial score (nSPS) is 18.6. The highest BCUT2D eigenvalue weighted by Crippen LogP contribution is 2.23. The third kappa shape index (κ3) is 6.33. The molecule has 2 aliphatic rings. The van der Waals surface area contributed by atoms with Gasteiger partial charge in [-0.25, -0.2) is 0 Å². The maximum Gasteiger partial charge on any atom is 0.219 e. The lowest BCUT2D eigenvalue weighted by atomic mass is 9.95. The number of guanidine groups is 1. The van der Waals surface area contributed by atoms with Crippen molar-refractivity contribution in [2.75, 3.05) is 45.8 Å². The number of hydrogen-bond acceptors (Lipinski definition) is 3. The Morgan fingerprint density at radius 2 is 1.70 bits per heavy atom. The standard InChI is InChI=1S/C23H37N5O.HI/c1-5-24-23(27-14-12-26(13-15-27)19(4)29)25-16-22(18(2)3)28-11-10-20-8-6-7-9-21(20)17-28;/h6-9,18,22H,5,10-17H2,1-4H3,(H,24,25);1H. The highest BCUT2D eigenvalue weighted by molar-refractivity contribution is 14.0. The Kier molecular flexibility index (Phi) is 9.87. The second-order valence-electron chi connectivity index (χ2n) is 8.49. The zero-order valence-electron chi connectivity index (χ0n) is 18.9. The molecule has 2 heterocycles. The summed E-state index contributed by atoms with van der Waals surface area (Å²) in [5, 5.41) is 3.46. The maximum absolute atomic E-state index is 11.6. The quantitative estimate of drug-likeness (QED) is 0.364. The molecule has 1 aromatic rings. The number of carbonyl (C=O) groups is 1. The van der Waals surface area contributed by atoms with E-state index in [0.717, 1.165) is 64.7 Å². The number of hydrogen-bond donors (Lipinski definition) is 1. The van der Waals surface area contributed by atoms with Crippen LogP contribution in [0.2, 0.25) is 0 Å². The van der Waals surface area contributed by atoms with E-state index < -0.39 is 0 Å². The average molecular weight is 527 g/mol. The Morgan fingerprint density at radius 1 is 1.07 bits per heavy atom. The van der Waals surface area contributed by atoms with Crippen LogP contribution >= 0.6 is 24.0 Å². The molecule has 0 bridgehead atoms. The Bertz CT molecular complexity index is 715. The number of piperazine rings is 1. The Morgan fingerprint density at radius 3 is 2.30 bits per heavy atom. The number of fused-ring (bicyclic) bond motifs is 1. The van der Waals surface area contributed by atoms with Crippen molar-refractivity contribution in [2.24, 2.45) is 10.9 Å². The van der Waals surface area contributed by atoms with Gasteiger partial charge in [-0.1, -0.05) is 38.1 Å². The van der Waals surface area contributed by atoms with Crippen molar-refractivity contribution in [3.63, 3.8) is 0 Å². The molecule has 1 N–H and O–H groups in total. The Hall–Kier alpha value is -1.35. The molecule has 1 atom stereocenters. The van der Waals surface area contributed by atoms with Crippen molar-refractivity contribution in [3.8, 4) is 0 Å². The first-order chi connectivity index (χ1) is 14.0. The second kappa shape index (κ2) is 11.9. The zero-order valence-corrected chi connectivity index (χ0v) is 21.3. The summed E-state index contributed by atoms with van der Waals surface area (Å²) in [5.41, 5.74) is 2.95. The topological polar surface area (TPSA) is 51.2 Å². The van der Waals surface area contributed by atoms with Gasteiger partial charge in [0.2, 0.25) is 5.91 Å². The summed E-state index contributed by atoms with van der Waals surface area (Å²) in [5.74, 6) is 1.69. The molecular formula is C23H38IN5O. The van der Waals surface area contributed by atoms with Crippen LogP contribution in [0.15, 0.2) is 29.3 Å². The fourth-order valence-electron chi connectivity index (χ4n) is 4.39. The summed E-state index contributed by atoms with van der Waals surface area (Å²) in [4.78, 5) is 23.5. The third-order valence-corrected chi connectivity index (χ3v) is 6.19.